The molecule has 1 heterocycles. The number of piperidine rings is 1. The van der Waals surface area contributed by atoms with Gasteiger partial charge in [0, 0.05) is 12.6 Å². The van der Waals surface area contributed by atoms with Gasteiger partial charge in [-0.25, -0.2) is 0 Å². The second-order valence-corrected chi connectivity index (χ2v) is 4.21. The highest BCUT2D eigenvalue weighted by molar-refractivity contribution is 4.75. The SMILES string of the molecule is CC.CCC(CC)N1CCCC(C)C1. The monoisotopic (exact) mass is 199 g/mol. The maximum Gasteiger partial charge on any atom is 0.00901 e. The first kappa shape index (κ1) is 14.0. The quantitative estimate of drug-likeness (QED) is 0.665. The van der Waals surface area contributed by atoms with Crippen molar-refractivity contribution >= 4 is 0 Å². The minimum absolute atomic E-state index is 0.854. The third kappa shape index (κ3) is 4.45. The van der Waals surface area contributed by atoms with E-state index in [4.69, 9.17) is 0 Å². The molecule has 0 radical (unpaired) electrons. The predicted molar refractivity (Wildman–Crippen MR) is 65.7 cm³/mol. The van der Waals surface area contributed by atoms with Crippen LogP contribution in [0.4, 0.5) is 0 Å². The van der Waals surface area contributed by atoms with Crippen molar-refractivity contribution in [3.05, 3.63) is 0 Å². The van der Waals surface area contributed by atoms with Crippen molar-refractivity contribution in [2.45, 2.75) is 66.3 Å². The molecule has 0 aliphatic carbocycles. The lowest BCUT2D eigenvalue weighted by molar-refractivity contribution is 0.123. The summed E-state index contributed by atoms with van der Waals surface area (Å²) in [5.74, 6) is 0.930. The van der Waals surface area contributed by atoms with E-state index in [0.29, 0.717) is 0 Å². The van der Waals surface area contributed by atoms with Gasteiger partial charge < -0.3 is 4.90 Å². The normalized spacial score (nSPS) is 23.1. The summed E-state index contributed by atoms with van der Waals surface area (Å²) in [5.41, 5.74) is 0. The third-order valence-electron chi connectivity index (χ3n) is 3.15. The molecule has 0 aromatic rings. The highest BCUT2D eigenvalue weighted by atomic mass is 15.2. The minimum Gasteiger partial charge on any atom is -0.300 e. The summed E-state index contributed by atoms with van der Waals surface area (Å²) in [6.07, 6.45) is 5.50. The van der Waals surface area contributed by atoms with Gasteiger partial charge in [-0.05, 0) is 38.1 Å². The molecule has 0 saturated carbocycles. The molecule has 1 atom stereocenters. The molecule has 0 aromatic heterocycles. The standard InChI is InChI=1S/C11H23N.C2H6/c1-4-11(5-2)12-8-6-7-10(3)9-12;1-2/h10-11H,4-9H2,1-3H3;1-2H3. The molecule has 1 aliphatic rings. The van der Waals surface area contributed by atoms with Crippen LogP contribution in [0.3, 0.4) is 0 Å². The minimum atomic E-state index is 0.854. The number of hydrogen-bond acceptors (Lipinski definition) is 1. The Bertz CT molecular complexity index is 118. The van der Waals surface area contributed by atoms with Crippen LogP contribution in [-0.2, 0) is 0 Å². The maximum atomic E-state index is 2.69. The Balaban J connectivity index is 0.000000791. The summed E-state index contributed by atoms with van der Waals surface area (Å²) < 4.78 is 0. The van der Waals surface area contributed by atoms with Gasteiger partial charge in [-0.2, -0.15) is 0 Å². The first-order valence-electron chi connectivity index (χ1n) is 6.52. The Morgan fingerprint density at radius 2 is 1.79 bits per heavy atom. The second kappa shape index (κ2) is 8.28. The molecule has 1 saturated heterocycles. The van der Waals surface area contributed by atoms with Gasteiger partial charge in [0.05, 0.1) is 0 Å². The van der Waals surface area contributed by atoms with Crippen molar-refractivity contribution in [1.82, 2.24) is 4.90 Å². The fourth-order valence-corrected chi connectivity index (χ4v) is 2.36. The number of hydrogen-bond donors (Lipinski definition) is 0. The fourth-order valence-electron chi connectivity index (χ4n) is 2.36. The van der Waals surface area contributed by atoms with Gasteiger partial charge in [0.25, 0.3) is 0 Å². The second-order valence-electron chi connectivity index (χ2n) is 4.21. The molecule has 86 valence electrons. The number of likely N-dealkylation sites (tertiary alicyclic amines) is 1. The Kier molecular flexibility index (Phi) is 8.26. The highest BCUT2D eigenvalue weighted by Crippen LogP contribution is 2.20. The average Bonchev–Trinajstić information content (AvgIpc) is 2.23. The zero-order valence-corrected chi connectivity index (χ0v) is 10.8. The van der Waals surface area contributed by atoms with Gasteiger partial charge >= 0.3 is 0 Å². The predicted octanol–water partition coefficient (Wildman–Crippen LogP) is 3.93. The van der Waals surface area contributed by atoms with Crippen molar-refractivity contribution in [3.8, 4) is 0 Å². The van der Waals surface area contributed by atoms with E-state index in [0.717, 1.165) is 12.0 Å². The van der Waals surface area contributed by atoms with Crippen LogP contribution >= 0.6 is 0 Å². The van der Waals surface area contributed by atoms with Gasteiger partial charge in [-0.15, -0.1) is 0 Å². The average molecular weight is 199 g/mol. The fraction of sp³-hybridized carbons (Fsp3) is 1.00. The van der Waals surface area contributed by atoms with Crippen LogP contribution in [0.25, 0.3) is 0 Å². The van der Waals surface area contributed by atoms with Crippen molar-refractivity contribution in [2.75, 3.05) is 13.1 Å². The summed E-state index contributed by atoms with van der Waals surface area (Å²) in [4.78, 5) is 2.69. The van der Waals surface area contributed by atoms with Gasteiger partial charge in [-0.3, -0.25) is 0 Å². The molecule has 1 rings (SSSR count). The Hall–Kier alpha value is -0.0400. The van der Waals surface area contributed by atoms with Crippen LogP contribution in [0.5, 0.6) is 0 Å². The van der Waals surface area contributed by atoms with E-state index < -0.39 is 0 Å². The van der Waals surface area contributed by atoms with Crippen LogP contribution in [0, 0.1) is 5.92 Å². The summed E-state index contributed by atoms with van der Waals surface area (Å²) >= 11 is 0. The van der Waals surface area contributed by atoms with Crippen molar-refractivity contribution < 1.29 is 0 Å². The lowest BCUT2D eigenvalue weighted by Crippen LogP contribution is -2.41. The number of nitrogens with zero attached hydrogens (tertiary/aromatic N) is 1. The van der Waals surface area contributed by atoms with E-state index in [1.165, 1.54) is 38.8 Å². The summed E-state index contributed by atoms with van der Waals surface area (Å²) in [6.45, 7) is 13.7. The van der Waals surface area contributed by atoms with Gasteiger partial charge in [0.1, 0.15) is 0 Å². The summed E-state index contributed by atoms with van der Waals surface area (Å²) in [7, 11) is 0. The first-order valence-corrected chi connectivity index (χ1v) is 6.52. The molecule has 0 amide bonds. The Morgan fingerprint density at radius 1 is 1.21 bits per heavy atom. The van der Waals surface area contributed by atoms with Crippen molar-refractivity contribution in [3.63, 3.8) is 0 Å². The molecule has 14 heavy (non-hydrogen) atoms. The van der Waals surface area contributed by atoms with Crippen LogP contribution in [-0.4, -0.2) is 24.0 Å². The van der Waals surface area contributed by atoms with Gasteiger partial charge in [0.15, 0.2) is 0 Å². The smallest absolute Gasteiger partial charge is 0.00901 e. The maximum absolute atomic E-state index is 2.69. The molecule has 1 nitrogen and oxygen atoms in total. The molecule has 1 aliphatic heterocycles. The molecule has 0 N–H and O–H groups in total. The van der Waals surface area contributed by atoms with E-state index in [1.807, 2.05) is 13.8 Å². The topological polar surface area (TPSA) is 3.24 Å². The molecule has 1 fully saturated rings. The van der Waals surface area contributed by atoms with Crippen LogP contribution in [0.1, 0.15) is 60.3 Å². The lowest BCUT2D eigenvalue weighted by Gasteiger charge is -2.36. The van der Waals surface area contributed by atoms with Gasteiger partial charge in [-0.1, -0.05) is 34.6 Å². The molecule has 0 bridgehead atoms. The first-order chi connectivity index (χ1) is 6.77. The van der Waals surface area contributed by atoms with Crippen molar-refractivity contribution in [1.29, 1.82) is 0 Å². The summed E-state index contributed by atoms with van der Waals surface area (Å²) in [5, 5.41) is 0. The Labute approximate surface area is 90.9 Å². The molecule has 1 heteroatoms. The molecular formula is C13H29N. The number of rotatable bonds is 3. The van der Waals surface area contributed by atoms with Crippen LogP contribution < -0.4 is 0 Å². The van der Waals surface area contributed by atoms with E-state index in [-0.39, 0.29) is 0 Å². The van der Waals surface area contributed by atoms with E-state index in [2.05, 4.69) is 25.7 Å². The molecular weight excluding hydrogens is 170 g/mol. The molecule has 1 unspecified atom stereocenters. The van der Waals surface area contributed by atoms with E-state index >= 15 is 0 Å². The lowest BCUT2D eigenvalue weighted by atomic mass is 9.97. The van der Waals surface area contributed by atoms with Gasteiger partial charge in [0.2, 0.25) is 0 Å². The Morgan fingerprint density at radius 3 is 2.21 bits per heavy atom. The van der Waals surface area contributed by atoms with E-state index in [1.54, 1.807) is 0 Å². The third-order valence-corrected chi connectivity index (χ3v) is 3.15. The summed E-state index contributed by atoms with van der Waals surface area (Å²) in [6, 6.07) is 0.854. The highest BCUT2D eigenvalue weighted by Gasteiger charge is 2.20. The van der Waals surface area contributed by atoms with Crippen molar-refractivity contribution in [2.24, 2.45) is 5.92 Å². The zero-order valence-electron chi connectivity index (χ0n) is 10.8. The molecule has 0 spiro atoms. The zero-order chi connectivity index (χ0) is 11.0. The molecule has 0 aromatic carbocycles. The van der Waals surface area contributed by atoms with E-state index in [9.17, 15) is 0 Å². The van der Waals surface area contributed by atoms with Crippen LogP contribution in [0.2, 0.25) is 0 Å². The largest absolute Gasteiger partial charge is 0.300 e. The van der Waals surface area contributed by atoms with Crippen LogP contribution in [0.15, 0.2) is 0 Å².